The number of hydrogen-bond donors (Lipinski definition) is 0. The number of aryl methyl sites for hydroxylation is 1. The lowest BCUT2D eigenvalue weighted by molar-refractivity contribution is 0.0522. The van der Waals surface area contributed by atoms with Crippen molar-refractivity contribution in [3.63, 3.8) is 0 Å². The summed E-state index contributed by atoms with van der Waals surface area (Å²) in [6.45, 7) is 9.90. The fourth-order valence-corrected chi connectivity index (χ4v) is 4.15. The summed E-state index contributed by atoms with van der Waals surface area (Å²) >= 11 is 1.42. The van der Waals surface area contributed by atoms with E-state index in [-0.39, 0.29) is 17.4 Å². The quantitative estimate of drug-likeness (QED) is 0.703. The molecular weight excluding hydrogens is 332 g/mol. The Balaban J connectivity index is 1.64. The monoisotopic (exact) mass is 354 g/mol. The lowest BCUT2D eigenvalue weighted by Gasteiger charge is -2.41. The van der Waals surface area contributed by atoms with Gasteiger partial charge in [0.05, 0.1) is 28.3 Å². The number of imidazole rings is 1. The van der Waals surface area contributed by atoms with E-state index in [1.807, 2.05) is 17.9 Å². The van der Waals surface area contributed by atoms with Crippen LogP contribution in [0.2, 0.25) is 0 Å². The summed E-state index contributed by atoms with van der Waals surface area (Å²) in [6.07, 6.45) is 0. The second-order valence-electron chi connectivity index (χ2n) is 7.67. The molecule has 3 heterocycles. The number of nitrogens with zero attached hydrogens (tertiary/aromatic N) is 4. The standard InChI is InChI=1S/C19H22N4OS/c1-12-16(25-11-20-12)17(24)22-9-13(10-22)23-15-8-6-5-7-14(15)21-18(23)19(2,3)4/h5-8,11,13H,9-10H2,1-4H3. The highest BCUT2D eigenvalue weighted by Gasteiger charge is 2.37. The van der Waals surface area contributed by atoms with Crippen molar-refractivity contribution in [1.82, 2.24) is 19.4 Å². The van der Waals surface area contributed by atoms with E-state index in [1.165, 1.54) is 11.3 Å². The molecule has 0 N–H and O–H groups in total. The highest BCUT2D eigenvalue weighted by atomic mass is 32.1. The highest BCUT2D eigenvalue weighted by molar-refractivity contribution is 7.11. The zero-order valence-corrected chi connectivity index (χ0v) is 15.8. The predicted octanol–water partition coefficient (Wildman–Crippen LogP) is 3.80. The van der Waals surface area contributed by atoms with Crippen molar-refractivity contribution < 1.29 is 4.79 Å². The maximum atomic E-state index is 12.6. The fourth-order valence-electron chi connectivity index (χ4n) is 3.38. The van der Waals surface area contributed by atoms with E-state index in [1.54, 1.807) is 5.51 Å². The molecule has 0 saturated carbocycles. The van der Waals surface area contributed by atoms with Gasteiger partial charge in [-0.2, -0.15) is 0 Å². The minimum Gasteiger partial charge on any atom is -0.334 e. The van der Waals surface area contributed by atoms with Gasteiger partial charge in [0.2, 0.25) is 0 Å². The first-order chi connectivity index (χ1) is 11.9. The van der Waals surface area contributed by atoms with Crippen LogP contribution in [0.25, 0.3) is 11.0 Å². The summed E-state index contributed by atoms with van der Waals surface area (Å²) < 4.78 is 2.33. The molecule has 1 fully saturated rings. The zero-order chi connectivity index (χ0) is 17.8. The van der Waals surface area contributed by atoms with Crippen LogP contribution in [0.3, 0.4) is 0 Å². The van der Waals surface area contributed by atoms with Crippen LogP contribution in [0.5, 0.6) is 0 Å². The van der Waals surface area contributed by atoms with E-state index in [2.05, 4.69) is 48.5 Å². The Hall–Kier alpha value is -2.21. The van der Waals surface area contributed by atoms with Crippen LogP contribution in [0, 0.1) is 6.92 Å². The molecule has 5 nitrogen and oxygen atoms in total. The molecule has 0 radical (unpaired) electrons. The number of carbonyl (C=O) groups excluding carboxylic acids is 1. The number of rotatable bonds is 2. The lowest BCUT2D eigenvalue weighted by atomic mass is 9.94. The largest absolute Gasteiger partial charge is 0.334 e. The van der Waals surface area contributed by atoms with E-state index >= 15 is 0 Å². The SMILES string of the molecule is Cc1ncsc1C(=O)N1CC(n2c(C(C)(C)C)nc3ccccc32)C1. The molecule has 1 saturated heterocycles. The molecule has 0 atom stereocenters. The van der Waals surface area contributed by atoms with Gasteiger partial charge in [-0.1, -0.05) is 32.9 Å². The Labute approximate surface area is 151 Å². The zero-order valence-electron chi connectivity index (χ0n) is 15.0. The van der Waals surface area contributed by atoms with Crippen LogP contribution in [-0.4, -0.2) is 38.4 Å². The summed E-state index contributed by atoms with van der Waals surface area (Å²) in [5.41, 5.74) is 4.69. The van der Waals surface area contributed by atoms with E-state index in [0.29, 0.717) is 0 Å². The molecule has 0 bridgehead atoms. The molecule has 25 heavy (non-hydrogen) atoms. The molecule has 0 spiro atoms. The first kappa shape index (κ1) is 16.3. The van der Waals surface area contributed by atoms with Gasteiger partial charge >= 0.3 is 0 Å². The second-order valence-corrected chi connectivity index (χ2v) is 8.53. The number of aromatic nitrogens is 3. The third-order valence-corrected chi connectivity index (χ3v) is 5.64. The number of benzene rings is 1. The van der Waals surface area contributed by atoms with E-state index in [9.17, 15) is 4.79 Å². The lowest BCUT2D eigenvalue weighted by Crippen LogP contribution is -2.51. The summed E-state index contributed by atoms with van der Waals surface area (Å²) in [6, 6.07) is 8.53. The molecule has 0 unspecified atom stereocenters. The number of carbonyl (C=O) groups is 1. The summed E-state index contributed by atoms with van der Waals surface area (Å²) in [5.74, 6) is 1.18. The van der Waals surface area contributed by atoms with Gasteiger partial charge in [-0.3, -0.25) is 4.79 Å². The van der Waals surface area contributed by atoms with Crippen molar-refractivity contribution in [2.45, 2.75) is 39.2 Å². The van der Waals surface area contributed by atoms with E-state index in [4.69, 9.17) is 4.98 Å². The normalized spacial score (nSPS) is 15.6. The van der Waals surface area contributed by atoms with Crippen LogP contribution < -0.4 is 0 Å². The number of fused-ring (bicyclic) bond motifs is 1. The first-order valence-corrected chi connectivity index (χ1v) is 9.41. The highest BCUT2D eigenvalue weighted by Crippen LogP contribution is 2.34. The van der Waals surface area contributed by atoms with Crippen LogP contribution in [-0.2, 0) is 5.41 Å². The minimum absolute atomic E-state index is 0.0439. The summed E-state index contributed by atoms with van der Waals surface area (Å²) in [4.78, 5) is 24.4. The Morgan fingerprint density at radius 3 is 2.60 bits per heavy atom. The number of likely N-dealkylation sites (tertiary alicyclic amines) is 1. The van der Waals surface area contributed by atoms with Crippen LogP contribution >= 0.6 is 11.3 Å². The minimum atomic E-state index is -0.0439. The van der Waals surface area contributed by atoms with Crippen LogP contribution in [0.1, 0.15) is 48.0 Å². The Morgan fingerprint density at radius 1 is 1.24 bits per heavy atom. The van der Waals surface area contributed by atoms with Crippen molar-refractivity contribution in [3.8, 4) is 0 Å². The third-order valence-electron chi connectivity index (χ3n) is 4.72. The smallest absolute Gasteiger partial charge is 0.265 e. The maximum Gasteiger partial charge on any atom is 0.265 e. The van der Waals surface area contributed by atoms with Crippen molar-refractivity contribution in [1.29, 1.82) is 0 Å². The molecule has 0 aliphatic carbocycles. The van der Waals surface area contributed by atoms with Gasteiger partial charge in [-0.15, -0.1) is 11.3 Å². The van der Waals surface area contributed by atoms with Crippen LogP contribution in [0.15, 0.2) is 29.8 Å². The molecule has 6 heteroatoms. The number of amides is 1. The molecule has 1 amide bonds. The molecule has 1 aromatic carbocycles. The second kappa shape index (κ2) is 5.66. The van der Waals surface area contributed by atoms with Crippen LogP contribution in [0.4, 0.5) is 0 Å². The third kappa shape index (κ3) is 2.65. The van der Waals surface area contributed by atoms with Crippen molar-refractivity contribution in [2.75, 3.05) is 13.1 Å². The molecular formula is C19H22N4OS. The number of hydrogen-bond acceptors (Lipinski definition) is 4. The van der Waals surface area contributed by atoms with Gasteiger partial charge < -0.3 is 9.47 Å². The van der Waals surface area contributed by atoms with Crippen molar-refractivity contribution >= 4 is 28.3 Å². The molecule has 4 rings (SSSR count). The molecule has 2 aromatic heterocycles. The van der Waals surface area contributed by atoms with Gasteiger partial charge in [0.25, 0.3) is 5.91 Å². The predicted molar refractivity (Wildman–Crippen MR) is 100 cm³/mol. The van der Waals surface area contributed by atoms with Gasteiger partial charge in [-0.05, 0) is 19.1 Å². The number of thiazole rings is 1. The van der Waals surface area contributed by atoms with Gasteiger partial charge in [0, 0.05) is 18.5 Å². The fraction of sp³-hybridized carbons (Fsp3) is 0.421. The van der Waals surface area contributed by atoms with E-state index < -0.39 is 0 Å². The van der Waals surface area contributed by atoms with Crippen molar-refractivity contribution in [2.24, 2.45) is 0 Å². The first-order valence-electron chi connectivity index (χ1n) is 8.53. The summed E-state index contributed by atoms with van der Waals surface area (Å²) in [5, 5.41) is 0. The number of para-hydroxylation sites is 2. The van der Waals surface area contributed by atoms with Gasteiger partial charge in [-0.25, -0.2) is 9.97 Å². The Morgan fingerprint density at radius 2 is 1.96 bits per heavy atom. The Kier molecular flexibility index (Phi) is 3.68. The molecule has 1 aliphatic rings. The van der Waals surface area contributed by atoms with E-state index in [0.717, 1.165) is 40.5 Å². The molecule has 3 aromatic rings. The van der Waals surface area contributed by atoms with Crippen molar-refractivity contribution in [3.05, 3.63) is 46.2 Å². The Bertz CT molecular complexity index is 944. The maximum absolute atomic E-state index is 12.6. The molecule has 130 valence electrons. The summed E-state index contributed by atoms with van der Waals surface area (Å²) in [7, 11) is 0. The van der Waals surface area contributed by atoms with Gasteiger partial charge in [0.1, 0.15) is 10.7 Å². The average molecular weight is 354 g/mol. The topological polar surface area (TPSA) is 51.0 Å². The molecule has 1 aliphatic heterocycles. The average Bonchev–Trinajstić information content (AvgIpc) is 3.09. The van der Waals surface area contributed by atoms with Gasteiger partial charge in [0.15, 0.2) is 0 Å².